The van der Waals surface area contributed by atoms with E-state index in [-0.39, 0.29) is 5.97 Å². The Bertz CT molecular complexity index is 671. The fourth-order valence-electron chi connectivity index (χ4n) is 5.36. The molecule has 0 aromatic carbocycles. The molecule has 0 saturated carbocycles. The number of ether oxygens (including phenoxy) is 2. The molecule has 5 nitrogen and oxygen atoms in total. The number of hydrogen-bond donors (Lipinski definition) is 1. The molecule has 0 spiro atoms. The van der Waals surface area contributed by atoms with E-state index in [0.717, 1.165) is 50.2 Å². The number of hydrogen-bond acceptors (Lipinski definition) is 6. The van der Waals surface area contributed by atoms with Crippen molar-refractivity contribution >= 4 is 39.9 Å². The van der Waals surface area contributed by atoms with Gasteiger partial charge in [0.25, 0.3) is 0 Å². The van der Waals surface area contributed by atoms with Gasteiger partial charge in [0.1, 0.15) is 4.88 Å². The van der Waals surface area contributed by atoms with Crippen LogP contribution in [0.1, 0.15) is 46.8 Å². The third-order valence-corrected chi connectivity index (χ3v) is 8.67. The van der Waals surface area contributed by atoms with Gasteiger partial charge in [-0.05, 0) is 97.3 Å². The van der Waals surface area contributed by atoms with Gasteiger partial charge in [0.15, 0.2) is 0 Å². The lowest BCUT2D eigenvalue weighted by molar-refractivity contribution is 0.0597. The highest BCUT2D eigenvalue weighted by atomic mass is 127. The van der Waals surface area contributed by atoms with Crippen LogP contribution in [-0.4, -0.2) is 63.9 Å². The number of thiophene rings is 1. The molecule has 3 aliphatic rings. The van der Waals surface area contributed by atoms with Crippen molar-refractivity contribution in [3.8, 4) is 0 Å². The van der Waals surface area contributed by atoms with Gasteiger partial charge in [-0.3, -0.25) is 0 Å². The van der Waals surface area contributed by atoms with Crippen molar-refractivity contribution in [3.63, 3.8) is 0 Å². The fraction of sp³-hybridized carbons (Fsp3) is 0.762. The van der Waals surface area contributed by atoms with E-state index in [9.17, 15) is 4.79 Å². The smallest absolute Gasteiger partial charge is 0.348 e. The summed E-state index contributed by atoms with van der Waals surface area (Å²) in [7, 11) is 1.50. The van der Waals surface area contributed by atoms with Gasteiger partial charge < -0.3 is 19.7 Å². The van der Waals surface area contributed by atoms with Gasteiger partial charge in [-0.1, -0.05) is 0 Å². The molecule has 0 bridgehead atoms. The van der Waals surface area contributed by atoms with Crippen molar-refractivity contribution in [1.82, 2.24) is 10.2 Å². The lowest BCUT2D eigenvalue weighted by Crippen LogP contribution is -2.45. The number of methoxy groups -OCH3 is 1. The molecule has 3 fully saturated rings. The van der Waals surface area contributed by atoms with Crippen molar-refractivity contribution in [2.24, 2.45) is 17.8 Å². The van der Waals surface area contributed by atoms with Crippen LogP contribution in [0.15, 0.2) is 6.07 Å². The normalized spacial score (nSPS) is 29.9. The average Bonchev–Trinajstić information content (AvgIpc) is 3.37. The highest BCUT2D eigenvalue weighted by Gasteiger charge is 2.39. The van der Waals surface area contributed by atoms with E-state index in [1.807, 2.05) is 0 Å². The molecule has 7 heteroatoms. The van der Waals surface area contributed by atoms with Gasteiger partial charge in [-0.15, -0.1) is 11.3 Å². The van der Waals surface area contributed by atoms with Crippen LogP contribution in [0, 0.1) is 20.6 Å². The Morgan fingerprint density at radius 1 is 1.36 bits per heavy atom. The molecule has 1 aromatic rings. The van der Waals surface area contributed by atoms with Gasteiger partial charge in [-0.25, -0.2) is 4.79 Å². The fourth-order valence-corrected chi connectivity index (χ4v) is 7.23. The number of halogens is 1. The van der Waals surface area contributed by atoms with Crippen LogP contribution in [0.3, 0.4) is 0 Å². The Morgan fingerprint density at radius 2 is 2.18 bits per heavy atom. The van der Waals surface area contributed by atoms with Crippen LogP contribution in [0.5, 0.6) is 0 Å². The predicted octanol–water partition coefficient (Wildman–Crippen LogP) is 3.58. The quantitative estimate of drug-likeness (QED) is 0.477. The molecule has 28 heavy (non-hydrogen) atoms. The number of piperidine rings is 2. The Hall–Kier alpha value is -0.220. The molecule has 3 atom stereocenters. The Kier molecular flexibility index (Phi) is 7.30. The summed E-state index contributed by atoms with van der Waals surface area (Å²) >= 11 is 3.93. The van der Waals surface area contributed by atoms with Crippen LogP contribution >= 0.6 is 33.9 Å². The standard InChI is InChI=1S/C21H31IN2O3S/c1-26-21(25)20-17(10-19(22)28-20)18-12-24(11-14-5-9-27-13-14)8-4-16(18)15-2-6-23-7-3-15/h10,14-16,18,23H,2-9,11-13H2,1H3. The third kappa shape index (κ3) is 4.74. The lowest BCUT2D eigenvalue weighted by Gasteiger charge is -2.44. The Morgan fingerprint density at radius 3 is 2.89 bits per heavy atom. The second kappa shape index (κ2) is 9.73. The first-order valence-corrected chi connectivity index (χ1v) is 12.4. The predicted molar refractivity (Wildman–Crippen MR) is 120 cm³/mol. The van der Waals surface area contributed by atoms with Crippen LogP contribution < -0.4 is 5.32 Å². The summed E-state index contributed by atoms with van der Waals surface area (Å²) < 4.78 is 11.9. The summed E-state index contributed by atoms with van der Waals surface area (Å²) in [6, 6.07) is 2.25. The summed E-state index contributed by atoms with van der Waals surface area (Å²) in [4.78, 5) is 15.9. The van der Waals surface area contributed by atoms with Crippen molar-refractivity contribution in [1.29, 1.82) is 0 Å². The van der Waals surface area contributed by atoms with Crippen LogP contribution in [0.2, 0.25) is 0 Å². The van der Waals surface area contributed by atoms with Gasteiger partial charge in [-0.2, -0.15) is 0 Å². The highest BCUT2D eigenvalue weighted by molar-refractivity contribution is 14.1. The summed E-state index contributed by atoms with van der Waals surface area (Å²) in [5.41, 5.74) is 1.23. The van der Waals surface area contributed by atoms with E-state index in [1.165, 1.54) is 47.8 Å². The van der Waals surface area contributed by atoms with E-state index in [2.05, 4.69) is 38.9 Å². The molecular formula is C21H31IN2O3S. The molecule has 0 amide bonds. The number of esters is 1. The van der Waals surface area contributed by atoms with Crippen LogP contribution in [0.4, 0.5) is 0 Å². The molecule has 4 rings (SSSR count). The lowest BCUT2D eigenvalue weighted by atomic mass is 9.70. The van der Waals surface area contributed by atoms with E-state index in [1.54, 1.807) is 11.3 Å². The topological polar surface area (TPSA) is 50.8 Å². The van der Waals surface area contributed by atoms with Crippen molar-refractivity contribution in [2.75, 3.05) is 53.0 Å². The number of rotatable bonds is 5. The molecular weight excluding hydrogens is 487 g/mol. The Balaban J connectivity index is 1.58. The largest absolute Gasteiger partial charge is 0.465 e. The molecule has 156 valence electrons. The Labute approximate surface area is 185 Å². The number of carbonyl (C=O) groups is 1. The number of nitrogens with one attached hydrogen (secondary N) is 1. The molecule has 3 saturated heterocycles. The van der Waals surface area contributed by atoms with Crippen molar-refractivity contribution in [3.05, 3.63) is 19.4 Å². The molecule has 4 heterocycles. The zero-order valence-corrected chi connectivity index (χ0v) is 19.6. The molecule has 3 aliphatic heterocycles. The minimum absolute atomic E-state index is 0.173. The van der Waals surface area contributed by atoms with Crippen molar-refractivity contribution in [2.45, 2.75) is 31.6 Å². The third-order valence-electron chi connectivity index (χ3n) is 6.78. The first kappa shape index (κ1) is 21.0. The zero-order chi connectivity index (χ0) is 19.5. The minimum Gasteiger partial charge on any atom is -0.465 e. The summed E-state index contributed by atoms with van der Waals surface area (Å²) in [6.45, 7) is 7.43. The monoisotopic (exact) mass is 518 g/mol. The second-order valence-corrected chi connectivity index (χ2v) is 11.4. The zero-order valence-electron chi connectivity index (χ0n) is 16.6. The van der Waals surface area contributed by atoms with Gasteiger partial charge >= 0.3 is 5.97 Å². The number of likely N-dealkylation sites (tertiary alicyclic amines) is 1. The van der Waals surface area contributed by atoms with Gasteiger partial charge in [0, 0.05) is 25.6 Å². The maximum atomic E-state index is 12.5. The van der Waals surface area contributed by atoms with E-state index < -0.39 is 0 Å². The van der Waals surface area contributed by atoms with Gasteiger partial charge in [0.05, 0.1) is 16.6 Å². The molecule has 0 radical (unpaired) electrons. The van der Waals surface area contributed by atoms with E-state index in [4.69, 9.17) is 9.47 Å². The number of nitrogens with zero attached hydrogens (tertiary/aromatic N) is 1. The maximum Gasteiger partial charge on any atom is 0.348 e. The first-order valence-electron chi connectivity index (χ1n) is 10.5. The minimum atomic E-state index is -0.173. The summed E-state index contributed by atoms with van der Waals surface area (Å²) in [5.74, 6) is 2.33. The number of carbonyl (C=O) groups excluding carboxylic acids is 1. The van der Waals surface area contributed by atoms with Crippen molar-refractivity contribution < 1.29 is 14.3 Å². The highest BCUT2D eigenvalue weighted by Crippen LogP contribution is 2.44. The summed E-state index contributed by atoms with van der Waals surface area (Å²) in [6.07, 6.45) is 4.93. The molecule has 3 unspecified atom stereocenters. The SMILES string of the molecule is COC(=O)c1sc(I)cc1C1CN(CC2CCOC2)CCC1C1CCNCC1. The van der Waals surface area contributed by atoms with Crippen LogP contribution in [0.25, 0.3) is 0 Å². The average molecular weight is 518 g/mol. The second-order valence-electron chi connectivity index (χ2n) is 8.46. The van der Waals surface area contributed by atoms with Crippen LogP contribution in [-0.2, 0) is 9.47 Å². The maximum absolute atomic E-state index is 12.5. The first-order chi connectivity index (χ1) is 13.7. The molecule has 1 aromatic heterocycles. The van der Waals surface area contributed by atoms with E-state index in [0.29, 0.717) is 17.8 Å². The molecule has 0 aliphatic carbocycles. The van der Waals surface area contributed by atoms with Gasteiger partial charge in [0.2, 0.25) is 0 Å². The summed E-state index contributed by atoms with van der Waals surface area (Å²) in [5, 5.41) is 3.51. The van der Waals surface area contributed by atoms with E-state index >= 15 is 0 Å². The molecule has 1 N–H and O–H groups in total.